The van der Waals surface area contributed by atoms with Gasteiger partial charge in [0.25, 0.3) is 0 Å². The molecule has 2 heterocycles. The molecule has 2 saturated heterocycles. The quantitative estimate of drug-likeness (QED) is 0.767. The van der Waals surface area contributed by atoms with Crippen molar-refractivity contribution < 1.29 is 9.59 Å². The summed E-state index contributed by atoms with van der Waals surface area (Å²) in [6.07, 6.45) is 5.57. The maximum atomic E-state index is 11.9. The molecule has 5 nitrogen and oxygen atoms in total. The Labute approximate surface area is 114 Å². The molecule has 4 atom stereocenters. The van der Waals surface area contributed by atoms with E-state index in [4.69, 9.17) is 5.73 Å². The van der Waals surface area contributed by atoms with Crippen molar-refractivity contribution in [1.29, 1.82) is 0 Å². The Balaban J connectivity index is 1.73. The Kier molecular flexibility index (Phi) is 4.45. The Morgan fingerprint density at radius 2 is 1.89 bits per heavy atom. The zero-order valence-electron chi connectivity index (χ0n) is 11.9. The van der Waals surface area contributed by atoms with Gasteiger partial charge in [-0.3, -0.25) is 9.59 Å². The lowest BCUT2D eigenvalue weighted by Crippen LogP contribution is -2.48. The summed E-state index contributed by atoms with van der Waals surface area (Å²) in [7, 11) is 2.19. The van der Waals surface area contributed by atoms with E-state index in [9.17, 15) is 9.59 Å². The molecule has 2 bridgehead atoms. The van der Waals surface area contributed by atoms with Gasteiger partial charge >= 0.3 is 0 Å². The highest BCUT2D eigenvalue weighted by molar-refractivity contribution is 5.79. The molecular formula is C14H25N3O2. The number of carbonyl (C=O) groups is 2. The number of nitrogens with two attached hydrogens (primary N) is 1. The van der Waals surface area contributed by atoms with Gasteiger partial charge in [-0.05, 0) is 39.2 Å². The summed E-state index contributed by atoms with van der Waals surface area (Å²) in [6, 6.07) is 1.58. The molecule has 3 N–H and O–H groups in total. The van der Waals surface area contributed by atoms with Gasteiger partial charge in [0.05, 0.1) is 0 Å². The van der Waals surface area contributed by atoms with Crippen LogP contribution in [0.3, 0.4) is 0 Å². The molecule has 0 spiro atoms. The molecular weight excluding hydrogens is 242 g/mol. The second-order valence-electron chi connectivity index (χ2n) is 6.13. The Bertz CT molecular complexity index is 345. The van der Waals surface area contributed by atoms with Crippen LogP contribution in [-0.2, 0) is 9.59 Å². The van der Waals surface area contributed by atoms with E-state index >= 15 is 0 Å². The van der Waals surface area contributed by atoms with Gasteiger partial charge < -0.3 is 16.0 Å². The maximum Gasteiger partial charge on any atom is 0.220 e. The summed E-state index contributed by atoms with van der Waals surface area (Å²) in [5.41, 5.74) is 5.19. The van der Waals surface area contributed by atoms with Gasteiger partial charge in [-0.1, -0.05) is 6.92 Å². The fourth-order valence-electron chi connectivity index (χ4n) is 3.32. The third kappa shape index (κ3) is 3.47. The van der Waals surface area contributed by atoms with Crippen molar-refractivity contribution in [2.24, 2.45) is 11.7 Å². The van der Waals surface area contributed by atoms with Crippen LogP contribution in [0.5, 0.6) is 0 Å². The lowest BCUT2D eigenvalue weighted by atomic mass is 9.97. The number of primary amides is 1. The van der Waals surface area contributed by atoms with Crippen LogP contribution in [0.25, 0.3) is 0 Å². The van der Waals surface area contributed by atoms with Crippen LogP contribution >= 0.6 is 0 Å². The van der Waals surface area contributed by atoms with Crippen LogP contribution in [0.2, 0.25) is 0 Å². The standard InChI is InChI=1S/C14H25N3O2/c1-9(14(15)19)3-6-13(18)16-10-7-11-4-5-12(8-10)17(11)2/h9-12H,3-8H2,1-2H3,(H2,15,19)(H,16,18)/t9?,10?,11-,12?/m0/s1. The third-order valence-electron chi connectivity index (χ3n) is 4.75. The first-order valence-corrected chi connectivity index (χ1v) is 7.28. The number of amides is 2. The van der Waals surface area contributed by atoms with Crippen molar-refractivity contribution in [1.82, 2.24) is 10.2 Å². The first-order valence-electron chi connectivity index (χ1n) is 7.28. The molecule has 3 unspecified atom stereocenters. The predicted octanol–water partition coefficient (Wildman–Crippen LogP) is 0.629. The Hall–Kier alpha value is -1.10. The number of hydrogen-bond donors (Lipinski definition) is 2. The highest BCUT2D eigenvalue weighted by Gasteiger charge is 2.38. The van der Waals surface area contributed by atoms with Gasteiger partial charge in [0.1, 0.15) is 0 Å². The van der Waals surface area contributed by atoms with E-state index in [-0.39, 0.29) is 17.7 Å². The fourth-order valence-corrected chi connectivity index (χ4v) is 3.32. The summed E-state index contributed by atoms with van der Waals surface area (Å²) in [6.45, 7) is 1.77. The lowest BCUT2D eigenvalue weighted by molar-refractivity contribution is -0.123. The molecule has 2 aliphatic heterocycles. The fraction of sp³-hybridized carbons (Fsp3) is 0.857. The van der Waals surface area contributed by atoms with Crippen molar-refractivity contribution in [2.75, 3.05) is 7.05 Å². The maximum absolute atomic E-state index is 11.9. The van der Waals surface area contributed by atoms with Crippen molar-refractivity contribution in [2.45, 2.75) is 63.6 Å². The van der Waals surface area contributed by atoms with E-state index in [1.165, 1.54) is 12.8 Å². The minimum Gasteiger partial charge on any atom is -0.369 e. The molecule has 2 fully saturated rings. The largest absolute Gasteiger partial charge is 0.369 e. The minimum atomic E-state index is -0.329. The molecule has 0 saturated carbocycles. The monoisotopic (exact) mass is 267 g/mol. The third-order valence-corrected chi connectivity index (χ3v) is 4.75. The van der Waals surface area contributed by atoms with Gasteiger partial charge in [-0.25, -0.2) is 0 Å². The molecule has 108 valence electrons. The average molecular weight is 267 g/mol. The molecule has 0 aliphatic carbocycles. The van der Waals surface area contributed by atoms with Gasteiger partial charge in [0.15, 0.2) is 0 Å². The van der Waals surface area contributed by atoms with E-state index < -0.39 is 0 Å². The molecule has 0 aromatic rings. The van der Waals surface area contributed by atoms with E-state index in [0.717, 1.165) is 12.8 Å². The van der Waals surface area contributed by atoms with Crippen LogP contribution < -0.4 is 11.1 Å². The van der Waals surface area contributed by atoms with Gasteiger partial charge in [0.2, 0.25) is 11.8 Å². The molecule has 19 heavy (non-hydrogen) atoms. The summed E-state index contributed by atoms with van der Waals surface area (Å²) >= 11 is 0. The summed E-state index contributed by atoms with van der Waals surface area (Å²) in [5.74, 6) is -0.494. The number of nitrogens with zero attached hydrogens (tertiary/aromatic N) is 1. The first-order chi connectivity index (χ1) is 8.97. The molecule has 2 amide bonds. The smallest absolute Gasteiger partial charge is 0.220 e. The zero-order valence-corrected chi connectivity index (χ0v) is 11.9. The Morgan fingerprint density at radius 3 is 2.42 bits per heavy atom. The normalized spacial score (nSPS) is 32.0. The number of nitrogens with one attached hydrogen (secondary N) is 1. The molecule has 2 rings (SSSR count). The Morgan fingerprint density at radius 1 is 1.32 bits per heavy atom. The molecule has 0 radical (unpaired) electrons. The van der Waals surface area contributed by atoms with Crippen molar-refractivity contribution in [3.05, 3.63) is 0 Å². The van der Waals surface area contributed by atoms with Crippen LogP contribution in [0.1, 0.15) is 45.4 Å². The van der Waals surface area contributed by atoms with Gasteiger partial charge in [0, 0.05) is 30.5 Å². The van der Waals surface area contributed by atoms with E-state index in [1.807, 2.05) is 0 Å². The van der Waals surface area contributed by atoms with Crippen molar-refractivity contribution >= 4 is 11.8 Å². The summed E-state index contributed by atoms with van der Waals surface area (Å²) in [5, 5.41) is 3.12. The number of piperidine rings is 1. The molecule has 0 aromatic heterocycles. The predicted molar refractivity (Wildman–Crippen MR) is 73.3 cm³/mol. The zero-order chi connectivity index (χ0) is 14.0. The van der Waals surface area contributed by atoms with Gasteiger partial charge in [-0.2, -0.15) is 0 Å². The van der Waals surface area contributed by atoms with Crippen LogP contribution in [0.15, 0.2) is 0 Å². The highest BCUT2D eigenvalue weighted by Crippen LogP contribution is 2.34. The lowest BCUT2D eigenvalue weighted by Gasteiger charge is -2.36. The number of rotatable bonds is 5. The molecule has 0 aromatic carbocycles. The number of hydrogen-bond acceptors (Lipinski definition) is 3. The molecule has 5 heteroatoms. The second-order valence-corrected chi connectivity index (χ2v) is 6.13. The van der Waals surface area contributed by atoms with E-state index in [0.29, 0.717) is 31.0 Å². The topological polar surface area (TPSA) is 75.4 Å². The average Bonchev–Trinajstić information content (AvgIpc) is 2.59. The van der Waals surface area contributed by atoms with E-state index in [2.05, 4.69) is 17.3 Å². The number of carbonyl (C=O) groups excluding carboxylic acids is 2. The van der Waals surface area contributed by atoms with E-state index in [1.54, 1.807) is 6.92 Å². The first kappa shape index (κ1) is 14.3. The van der Waals surface area contributed by atoms with Crippen LogP contribution in [-0.4, -0.2) is 41.9 Å². The highest BCUT2D eigenvalue weighted by atomic mass is 16.2. The second kappa shape index (κ2) is 5.90. The summed E-state index contributed by atoms with van der Waals surface area (Å²) in [4.78, 5) is 25.3. The summed E-state index contributed by atoms with van der Waals surface area (Å²) < 4.78 is 0. The minimum absolute atomic E-state index is 0.0575. The van der Waals surface area contributed by atoms with Crippen molar-refractivity contribution in [3.8, 4) is 0 Å². The van der Waals surface area contributed by atoms with Crippen LogP contribution in [0, 0.1) is 5.92 Å². The van der Waals surface area contributed by atoms with Gasteiger partial charge in [-0.15, -0.1) is 0 Å². The van der Waals surface area contributed by atoms with Crippen molar-refractivity contribution in [3.63, 3.8) is 0 Å². The molecule has 2 aliphatic rings. The number of fused-ring (bicyclic) bond motifs is 2. The van der Waals surface area contributed by atoms with Crippen LogP contribution in [0.4, 0.5) is 0 Å². The SMILES string of the molecule is CC(CCC(=O)NC1CC2CC[C@@H](C1)N2C)C(N)=O.